The zero-order valence-corrected chi connectivity index (χ0v) is 12.5. The second-order valence-corrected chi connectivity index (χ2v) is 6.71. The largest absolute Gasteiger partial charge is 0.396 e. The topological polar surface area (TPSA) is 56.0 Å². The number of hydrogen-bond donors (Lipinski definition) is 2. The van der Waals surface area contributed by atoms with Crippen LogP contribution in [0.2, 0.25) is 0 Å². The Kier molecular flexibility index (Phi) is 4.28. The zero-order chi connectivity index (χ0) is 14.7. The zero-order valence-electron chi connectivity index (χ0n) is 12.5. The lowest BCUT2D eigenvalue weighted by Crippen LogP contribution is -2.52. The SMILES string of the molecule is N#CC1(c2ccccc2)CC(NCC2CCCC2CO)C1. The molecule has 112 valence electrons. The van der Waals surface area contributed by atoms with Gasteiger partial charge in [-0.1, -0.05) is 36.8 Å². The van der Waals surface area contributed by atoms with Crippen LogP contribution in [0.25, 0.3) is 0 Å². The first-order valence-corrected chi connectivity index (χ1v) is 8.08. The van der Waals surface area contributed by atoms with Crippen LogP contribution in [0.3, 0.4) is 0 Å². The van der Waals surface area contributed by atoms with Crippen LogP contribution in [0.15, 0.2) is 30.3 Å². The maximum atomic E-state index is 9.56. The van der Waals surface area contributed by atoms with Gasteiger partial charge in [0.1, 0.15) is 0 Å². The molecule has 0 aliphatic heterocycles. The Morgan fingerprint density at radius 2 is 1.90 bits per heavy atom. The number of rotatable bonds is 5. The van der Waals surface area contributed by atoms with Crippen molar-refractivity contribution in [2.75, 3.05) is 13.2 Å². The summed E-state index contributed by atoms with van der Waals surface area (Å²) in [5, 5.41) is 22.6. The van der Waals surface area contributed by atoms with Crippen LogP contribution >= 0.6 is 0 Å². The van der Waals surface area contributed by atoms with Crippen molar-refractivity contribution in [1.29, 1.82) is 5.26 Å². The van der Waals surface area contributed by atoms with Crippen LogP contribution in [0.4, 0.5) is 0 Å². The average molecular weight is 284 g/mol. The van der Waals surface area contributed by atoms with Gasteiger partial charge in [-0.05, 0) is 49.6 Å². The molecule has 1 aromatic carbocycles. The number of nitriles is 1. The Morgan fingerprint density at radius 1 is 1.19 bits per heavy atom. The Labute approximate surface area is 127 Å². The number of aliphatic hydroxyl groups is 1. The van der Waals surface area contributed by atoms with Crippen LogP contribution in [-0.2, 0) is 5.41 Å². The minimum atomic E-state index is -0.287. The lowest BCUT2D eigenvalue weighted by molar-refractivity contribution is 0.173. The molecule has 2 unspecified atom stereocenters. The van der Waals surface area contributed by atoms with E-state index >= 15 is 0 Å². The number of aliphatic hydroxyl groups excluding tert-OH is 1. The van der Waals surface area contributed by atoms with E-state index in [2.05, 4.69) is 23.5 Å². The van der Waals surface area contributed by atoms with Crippen LogP contribution in [0.5, 0.6) is 0 Å². The van der Waals surface area contributed by atoms with Crippen LogP contribution < -0.4 is 5.32 Å². The van der Waals surface area contributed by atoms with Gasteiger partial charge in [-0.3, -0.25) is 0 Å². The van der Waals surface area contributed by atoms with Crippen molar-refractivity contribution < 1.29 is 5.11 Å². The van der Waals surface area contributed by atoms with Crippen molar-refractivity contribution in [2.24, 2.45) is 11.8 Å². The minimum Gasteiger partial charge on any atom is -0.396 e. The van der Waals surface area contributed by atoms with Gasteiger partial charge < -0.3 is 10.4 Å². The molecule has 2 atom stereocenters. The predicted octanol–water partition coefficient (Wildman–Crippen LogP) is 2.61. The van der Waals surface area contributed by atoms with Crippen LogP contribution in [0.1, 0.15) is 37.7 Å². The first-order valence-electron chi connectivity index (χ1n) is 8.08. The summed E-state index contributed by atoms with van der Waals surface area (Å²) in [5.74, 6) is 1.09. The van der Waals surface area contributed by atoms with Gasteiger partial charge in [0.15, 0.2) is 0 Å². The summed E-state index contributed by atoms with van der Waals surface area (Å²) in [7, 11) is 0. The minimum absolute atomic E-state index is 0.287. The molecule has 1 aromatic rings. The lowest BCUT2D eigenvalue weighted by atomic mass is 9.62. The first-order chi connectivity index (χ1) is 10.3. The summed E-state index contributed by atoms with van der Waals surface area (Å²) < 4.78 is 0. The van der Waals surface area contributed by atoms with E-state index < -0.39 is 0 Å². The van der Waals surface area contributed by atoms with Crippen LogP contribution in [-0.4, -0.2) is 24.3 Å². The molecule has 0 aromatic heterocycles. The fraction of sp³-hybridized carbons (Fsp3) is 0.611. The third-order valence-electron chi connectivity index (χ3n) is 5.45. The molecule has 21 heavy (non-hydrogen) atoms. The van der Waals surface area contributed by atoms with E-state index in [4.69, 9.17) is 0 Å². The van der Waals surface area contributed by atoms with Gasteiger partial charge in [0.25, 0.3) is 0 Å². The summed E-state index contributed by atoms with van der Waals surface area (Å²) in [6, 6.07) is 13.1. The fourth-order valence-electron chi connectivity index (χ4n) is 4.02. The van der Waals surface area contributed by atoms with Crippen molar-refractivity contribution >= 4 is 0 Å². The molecule has 2 saturated carbocycles. The Bertz CT molecular complexity index is 502. The maximum Gasteiger partial charge on any atom is 0.0852 e. The Morgan fingerprint density at radius 3 is 2.57 bits per heavy atom. The smallest absolute Gasteiger partial charge is 0.0852 e. The van der Waals surface area contributed by atoms with Crippen LogP contribution in [0, 0.1) is 23.2 Å². The fourth-order valence-corrected chi connectivity index (χ4v) is 4.02. The average Bonchev–Trinajstić information content (AvgIpc) is 2.95. The van der Waals surface area contributed by atoms with E-state index in [9.17, 15) is 10.4 Å². The second-order valence-electron chi connectivity index (χ2n) is 6.71. The third-order valence-corrected chi connectivity index (χ3v) is 5.45. The first kappa shape index (κ1) is 14.6. The molecule has 0 saturated heterocycles. The molecule has 0 bridgehead atoms. The monoisotopic (exact) mass is 284 g/mol. The molecular formula is C18H24N2O. The van der Waals surface area contributed by atoms with E-state index in [1.807, 2.05) is 18.2 Å². The van der Waals surface area contributed by atoms with Crippen molar-refractivity contribution in [2.45, 2.75) is 43.6 Å². The van der Waals surface area contributed by atoms with Gasteiger partial charge in [-0.2, -0.15) is 5.26 Å². The highest BCUT2D eigenvalue weighted by Gasteiger charge is 2.46. The van der Waals surface area contributed by atoms with E-state index in [0.29, 0.717) is 24.5 Å². The third kappa shape index (κ3) is 2.84. The number of nitrogens with one attached hydrogen (secondary N) is 1. The van der Waals surface area contributed by atoms with Gasteiger partial charge in [0.05, 0.1) is 11.5 Å². The molecule has 2 fully saturated rings. The summed E-state index contributed by atoms with van der Waals surface area (Å²) in [5.41, 5.74) is 0.866. The highest BCUT2D eigenvalue weighted by Crippen LogP contribution is 2.43. The normalized spacial score (nSPS) is 35.1. The van der Waals surface area contributed by atoms with Crippen molar-refractivity contribution in [3.63, 3.8) is 0 Å². The summed E-state index contributed by atoms with van der Waals surface area (Å²) in [4.78, 5) is 0. The molecule has 3 rings (SSSR count). The van der Waals surface area contributed by atoms with E-state index in [1.54, 1.807) is 0 Å². The second kappa shape index (κ2) is 6.17. The molecular weight excluding hydrogens is 260 g/mol. The highest BCUT2D eigenvalue weighted by molar-refractivity contribution is 5.36. The van der Waals surface area contributed by atoms with Crippen molar-refractivity contribution in [3.8, 4) is 6.07 Å². The lowest BCUT2D eigenvalue weighted by Gasteiger charge is -2.44. The molecule has 3 heteroatoms. The highest BCUT2D eigenvalue weighted by atomic mass is 16.3. The molecule has 2 aliphatic rings. The standard InChI is InChI=1S/C18H24N2O/c19-13-18(16-7-2-1-3-8-16)9-17(10-18)20-11-14-5-4-6-15(14)12-21/h1-3,7-8,14-15,17,20-21H,4-6,9-12H2. The Hall–Kier alpha value is -1.37. The molecule has 2 aliphatic carbocycles. The van der Waals surface area contributed by atoms with E-state index in [1.165, 1.54) is 19.3 Å². The van der Waals surface area contributed by atoms with E-state index in [0.717, 1.165) is 24.9 Å². The molecule has 0 radical (unpaired) electrons. The van der Waals surface area contributed by atoms with Crippen molar-refractivity contribution in [1.82, 2.24) is 5.32 Å². The quantitative estimate of drug-likeness (QED) is 0.874. The predicted molar refractivity (Wildman–Crippen MR) is 82.7 cm³/mol. The molecule has 3 nitrogen and oxygen atoms in total. The van der Waals surface area contributed by atoms with Crippen molar-refractivity contribution in [3.05, 3.63) is 35.9 Å². The van der Waals surface area contributed by atoms with Gasteiger partial charge in [-0.15, -0.1) is 0 Å². The maximum absolute atomic E-state index is 9.56. The Balaban J connectivity index is 1.52. The summed E-state index contributed by atoms with van der Waals surface area (Å²) >= 11 is 0. The molecule has 0 amide bonds. The van der Waals surface area contributed by atoms with Gasteiger partial charge in [0, 0.05) is 12.6 Å². The summed E-state index contributed by atoms with van der Waals surface area (Å²) in [6.45, 7) is 1.31. The molecule has 0 heterocycles. The number of nitrogens with zero attached hydrogens (tertiary/aromatic N) is 1. The number of hydrogen-bond acceptors (Lipinski definition) is 3. The van der Waals surface area contributed by atoms with E-state index in [-0.39, 0.29) is 5.41 Å². The van der Waals surface area contributed by atoms with Gasteiger partial charge >= 0.3 is 0 Å². The summed E-state index contributed by atoms with van der Waals surface area (Å²) in [6.07, 6.45) is 5.45. The van der Waals surface area contributed by atoms with Gasteiger partial charge in [-0.25, -0.2) is 0 Å². The number of benzene rings is 1. The molecule has 0 spiro atoms. The molecule has 2 N–H and O–H groups in total. The van der Waals surface area contributed by atoms with Gasteiger partial charge in [0.2, 0.25) is 0 Å².